The van der Waals surface area contributed by atoms with E-state index in [1.807, 2.05) is 0 Å². The average molecular weight is 827 g/mol. The highest BCUT2D eigenvalue weighted by atomic mass is 15.1. The second-order valence-electron chi connectivity index (χ2n) is 17.2. The molecule has 0 bridgehead atoms. The zero-order chi connectivity index (χ0) is 42.9. The predicted octanol–water partition coefficient (Wildman–Crippen LogP) is 16.6. The van der Waals surface area contributed by atoms with Gasteiger partial charge < -0.3 is 9.47 Å². The summed E-state index contributed by atoms with van der Waals surface area (Å²) in [6.45, 7) is 0. The molecule has 0 aliphatic heterocycles. The Morgan fingerprint density at radius 1 is 0.338 bits per heavy atom. The maximum Gasteiger partial charge on any atom is 0.0713 e. The van der Waals surface area contributed by atoms with Crippen LogP contribution in [0, 0.1) is 0 Å². The SMILES string of the molecule is c1ccc(-n2c3ccccc3c3cc(N(c4ccc(-c5cccc6c5-c5ccccc5C6(c5ccccc5)c5ccccc5)cc4)c4cccc5c4ccc4ccccc45)ccc32)cc1. The number of para-hydroxylation sites is 2. The Labute approximate surface area is 378 Å². The number of aromatic nitrogens is 1. The van der Waals surface area contributed by atoms with Crippen LogP contribution in [0.25, 0.3) is 71.3 Å². The maximum absolute atomic E-state index is 2.45. The zero-order valence-corrected chi connectivity index (χ0v) is 35.6. The van der Waals surface area contributed by atoms with Crippen LogP contribution in [0.4, 0.5) is 17.1 Å². The van der Waals surface area contributed by atoms with E-state index >= 15 is 0 Å². The van der Waals surface area contributed by atoms with Gasteiger partial charge in [-0.05, 0) is 115 Å². The van der Waals surface area contributed by atoms with Crippen molar-refractivity contribution in [1.82, 2.24) is 4.57 Å². The molecule has 0 saturated heterocycles. The molecule has 0 spiro atoms. The van der Waals surface area contributed by atoms with Crippen molar-refractivity contribution in [2.45, 2.75) is 5.41 Å². The summed E-state index contributed by atoms with van der Waals surface area (Å²) in [5.74, 6) is 0. The van der Waals surface area contributed by atoms with Crippen LogP contribution >= 0.6 is 0 Å². The van der Waals surface area contributed by atoms with Gasteiger partial charge in [-0.15, -0.1) is 0 Å². The molecular weight excluding hydrogens is 785 g/mol. The van der Waals surface area contributed by atoms with Crippen LogP contribution < -0.4 is 4.90 Å². The lowest BCUT2D eigenvalue weighted by atomic mass is 9.67. The van der Waals surface area contributed by atoms with Crippen molar-refractivity contribution < 1.29 is 0 Å². The van der Waals surface area contributed by atoms with Gasteiger partial charge in [-0.3, -0.25) is 0 Å². The van der Waals surface area contributed by atoms with Gasteiger partial charge in [0.2, 0.25) is 0 Å². The van der Waals surface area contributed by atoms with E-state index in [1.165, 1.54) is 87.9 Å². The second kappa shape index (κ2) is 14.8. The van der Waals surface area contributed by atoms with Gasteiger partial charge in [-0.2, -0.15) is 0 Å². The Morgan fingerprint density at radius 2 is 0.923 bits per heavy atom. The Morgan fingerprint density at radius 3 is 1.71 bits per heavy atom. The molecule has 1 heterocycles. The molecule has 0 fully saturated rings. The minimum absolute atomic E-state index is 0.456. The lowest BCUT2D eigenvalue weighted by Crippen LogP contribution is -2.28. The van der Waals surface area contributed by atoms with E-state index in [0.29, 0.717) is 0 Å². The number of hydrogen-bond acceptors (Lipinski definition) is 1. The van der Waals surface area contributed by atoms with Gasteiger partial charge in [0.15, 0.2) is 0 Å². The molecule has 65 heavy (non-hydrogen) atoms. The van der Waals surface area contributed by atoms with Crippen molar-refractivity contribution in [1.29, 1.82) is 0 Å². The number of rotatable bonds is 7. The van der Waals surface area contributed by atoms with Gasteiger partial charge in [0.05, 0.1) is 22.1 Å². The molecule has 11 aromatic carbocycles. The first-order chi connectivity index (χ1) is 32.3. The molecule has 1 aliphatic carbocycles. The lowest BCUT2D eigenvalue weighted by molar-refractivity contribution is 0.768. The van der Waals surface area contributed by atoms with Crippen LogP contribution in [-0.4, -0.2) is 4.57 Å². The van der Waals surface area contributed by atoms with E-state index in [2.05, 4.69) is 264 Å². The summed E-state index contributed by atoms with van der Waals surface area (Å²) in [5.41, 5.74) is 16.6. The van der Waals surface area contributed by atoms with Gasteiger partial charge in [0.25, 0.3) is 0 Å². The summed E-state index contributed by atoms with van der Waals surface area (Å²) in [6.07, 6.45) is 0. The highest BCUT2D eigenvalue weighted by Gasteiger charge is 2.46. The van der Waals surface area contributed by atoms with E-state index in [0.717, 1.165) is 22.7 Å². The third kappa shape index (κ3) is 5.60. The van der Waals surface area contributed by atoms with Crippen molar-refractivity contribution in [3.8, 4) is 27.9 Å². The van der Waals surface area contributed by atoms with Crippen LogP contribution in [0.3, 0.4) is 0 Å². The van der Waals surface area contributed by atoms with Crippen LogP contribution in [-0.2, 0) is 5.41 Å². The molecule has 1 aliphatic rings. The summed E-state index contributed by atoms with van der Waals surface area (Å²) in [5, 5.41) is 7.38. The van der Waals surface area contributed by atoms with Gasteiger partial charge in [0.1, 0.15) is 0 Å². The van der Waals surface area contributed by atoms with E-state index in [9.17, 15) is 0 Å². The largest absolute Gasteiger partial charge is 0.310 e. The van der Waals surface area contributed by atoms with Gasteiger partial charge in [-0.1, -0.05) is 200 Å². The smallest absolute Gasteiger partial charge is 0.0713 e. The van der Waals surface area contributed by atoms with Crippen molar-refractivity contribution in [3.63, 3.8) is 0 Å². The number of fused-ring (bicyclic) bond motifs is 9. The standard InChI is InChI=1S/C63H42N2/c1-4-19-45(20-5-1)63(46-21-6-2-7-22-46)57-30-14-12-27-55(57)62-51(28-16-31-58(62)63)44-34-37-48(38-35-44)64(59-33-17-29-52-50-25-11-10-18-43(50)36-40-54(52)59)49-39-41-61-56(42-49)53-26-13-15-32-60(53)65(61)47-23-8-3-9-24-47/h1-42H. The monoisotopic (exact) mass is 826 g/mol. The van der Waals surface area contributed by atoms with Crippen LogP contribution in [0.15, 0.2) is 255 Å². The van der Waals surface area contributed by atoms with E-state index in [-0.39, 0.29) is 0 Å². The first-order valence-electron chi connectivity index (χ1n) is 22.5. The highest BCUT2D eigenvalue weighted by Crippen LogP contribution is 2.58. The van der Waals surface area contributed by atoms with E-state index in [4.69, 9.17) is 0 Å². The molecule has 0 N–H and O–H groups in total. The van der Waals surface area contributed by atoms with Gasteiger partial charge in [0, 0.05) is 33.2 Å². The predicted molar refractivity (Wildman–Crippen MR) is 273 cm³/mol. The van der Waals surface area contributed by atoms with Gasteiger partial charge >= 0.3 is 0 Å². The summed E-state index contributed by atoms with van der Waals surface area (Å²) < 4.78 is 2.39. The molecule has 304 valence electrons. The Hall–Kier alpha value is -8.46. The summed E-state index contributed by atoms with van der Waals surface area (Å²) in [6, 6.07) is 93.8. The van der Waals surface area contributed by atoms with Crippen molar-refractivity contribution in [3.05, 3.63) is 277 Å². The van der Waals surface area contributed by atoms with Crippen LogP contribution in [0.5, 0.6) is 0 Å². The van der Waals surface area contributed by atoms with E-state index < -0.39 is 5.41 Å². The Bertz CT molecular complexity index is 3720. The fraction of sp³-hybridized carbons (Fsp3) is 0.0159. The number of benzene rings is 11. The van der Waals surface area contributed by atoms with Crippen LogP contribution in [0.1, 0.15) is 22.3 Å². The topological polar surface area (TPSA) is 8.17 Å². The number of anilines is 3. The summed E-state index contributed by atoms with van der Waals surface area (Å²) >= 11 is 0. The third-order valence-electron chi connectivity index (χ3n) is 13.9. The summed E-state index contributed by atoms with van der Waals surface area (Å²) in [4.78, 5) is 2.45. The van der Waals surface area contributed by atoms with Crippen molar-refractivity contribution in [2.24, 2.45) is 0 Å². The number of nitrogens with zero attached hydrogens (tertiary/aromatic N) is 2. The zero-order valence-electron chi connectivity index (χ0n) is 35.6. The molecule has 0 atom stereocenters. The average Bonchev–Trinajstić information content (AvgIpc) is 3.88. The normalized spacial score (nSPS) is 12.7. The second-order valence-corrected chi connectivity index (χ2v) is 17.2. The first kappa shape index (κ1) is 37.1. The third-order valence-corrected chi connectivity index (χ3v) is 13.9. The molecule has 0 radical (unpaired) electrons. The minimum atomic E-state index is -0.456. The lowest BCUT2D eigenvalue weighted by Gasteiger charge is -2.34. The Kier molecular flexibility index (Phi) is 8.47. The molecule has 1 aromatic heterocycles. The van der Waals surface area contributed by atoms with Crippen LogP contribution in [0.2, 0.25) is 0 Å². The molecule has 0 amide bonds. The molecule has 2 nitrogen and oxygen atoms in total. The molecule has 0 saturated carbocycles. The van der Waals surface area contributed by atoms with Crippen molar-refractivity contribution in [2.75, 3.05) is 4.90 Å². The minimum Gasteiger partial charge on any atom is -0.310 e. The Balaban J connectivity index is 1.01. The van der Waals surface area contributed by atoms with Crippen molar-refractivity contribution >= 4 is 60.4 Å². The fourth-order valence-electron chi connectivity index (χ4n) is 11.1. The highest BCUT2D eigenvalue weighted by molar-refractivity contribution is 6.14. The summed E-state index contributed by atoms with van der Waals surface area (Å²) in [7, 11) is 0. The first-order valence-corrected chi connectivity index (χ1v) is 22.5. The van der Waals surface area contributed by atoms with E-state index in [1.54, 1.807) is 0 Å². The molecule has 12 aromatic rings. The molecule has 0 unspecified atom stereocenters. The molecular formula is C63H42N2. The molecule has 13 rings (SSSR count). The quantitative estimate of drug-likeness (QED) is 0.145. The maximum atomic E-state index is 2.45. The molecule has 2 heteroatoms. The fourth-order valence-corrected chi connectivity index (χ4v) is 11.1. The van der Waals surface area contributed by atoms with Gasteiger partial charge in [-0.25, -0.2) is 0 Å². The number of hydrogen-bond donors (Lipinski definition) is 0.